The molecule has 1 aromatic heterocycles. The van der Waals surface area contributed by atoms with E-state index in [0.717, 1.165) is 5.56 Å². The Morgan fingerprint density at radius 2 is 2.30 bits per heavy atom. The van der Waals surface area contributed by atoms with Crippen molar-refractivity contribution in [2.45, 2.75) is 12.6 Å². The lowest BCUT2D eigenvalue weighted by Gasteiger charge is -2.14. The van der Waals surface area contributed by atoms with Crippen LogP contribution in [0.1, 0.15) is 22.9 Å². The number of rotatable bonds is 6. The van der Waals surface area contributed by atoms with Crippen LogP contribution in [-0.4, -0.2) is 18.8 Å². The van der Waals surface area contributed by atoms with Crippen molar-refractivity contribution >= 4 is 0 Å². The number of aliphatic hydroxyl groups excluding tert-OH is 1. The van der Waals surface area contributed by atoms with Gasteiger partial charge in [0.25, 0.3) is 0 Å². The van der Waals surface area contributed by atoms with E-state index in [1.807, 2.05) is 12.1 Å². The lowest BCUT2D eigenvalue weighted by Crippen LogP contribution is -2.23. The summed E-state index contributed by atoms with van der Waals surface area (Å²) >= 11 is 0. The zero-order chi connectivity index (χ0) is 14.4. The molecule has 1 heterocycles. The minimum Gasteiger partial charge on any atom is -0.495 e. The molecular weight excluding hydrogens is 256 g/mol. The molecule has 0 aliphatic carbocycles. The van der Waals surface area contributed by atoms with E-state index in [4.69, 9.17) is 14.4 Å². The van der Waals surface area contributed by atoms with E-state index in [1.165, 1.54) is 7.11 Å². The van der Waals surface area contributed by atoms with Crippen molar-refractivity contribution in [3.05, 3.63) is 53.5 Å². The summed E-state index contributed by atoms with van der Waals surface area (Å²) < 4.78 is 10.4. The summed E-state index contributed by atoms with van der Waals surface area (Å²) in [5, 5.41) is 21.6. The van der Waals surface area contributed by atoms with Crippen molar-refractivity contribution < 1.29 is 14.3 Å². The molecule has 0 bridgehead atoms. The number of aliphatic hydroxyl groups is 1. The molecule has 1 unspecified atom stereocenters. The van der Waals surface area contributed by atoms with Crippen LogP contribution in [0.15, 0.2) is 41.0 Å². The third-order valence-corrected chi connectivity index (χ3v) is 3.01. The number of ether oxygens (including phenoxy) is 1. The molecule has 0 fully saturated rings. The molecule has 0 saturated carbocycles. The molecule has 0 amide bonds. The molecular formula is C15H16N2O3. The van der Waals surface area contributed by atoms with Crippen molar-refractivity contribution in [2.24, 2.45) is 0 Å². The second-order valence-electron chi connectivity index (χ2n) is 4.28. The minimum atomic E-state index is -0.266. The van der Waals surface area contributed by atoms with Crippen LogP contribution in [0.2, 0.25) is 0 Å². The third-order valence-electron chi connectivity index (χ3n) is 3.01. The van der Waals surface area contributed by atoms with Crippen LogP contribution in [0.5, 0.6) is 5.75 Å². The van der Waals surface area contributed by atoms with Gasteiger partial charge < -0.3 is 19.6 Å². The number of nitrogens with one attached hydrogen (secondary N) is 1. The zero-order valence-corrected chi connectivity index (χ0v) is 11.2. The molecule has 104 valence electrons. The SMILES string of the molecule is COc1ccc(CNC(CO)c2ccco2)cc1C#N. The molecule has 0 saturated heterocycles. The predicted octanol–water partition coefficient (Wildman–Crippen LogP) is 1.98. The average molecular weight is 272 g/mol. The Labute approximate surface area is 117 Å². The molecule has 1 aromatic carbocycles. The summed E-state index contributed by atoms with van der Waals surface area (Å²) in [4.78, 5) is 0. The van der Waals surface area contributed by atoms with E-state index in [2.05, 4.69) is 11.4 Å². The van der Waals surface area contributed by atoms with E-state index in [-0.39, 0.29) is 12.6 Å². The number of nitriles is 1. The lowest BCUT2D eigenvalue weighted by molar-refractivity contribution is 0.225. The largest absolute Gasteiger partial charge is 0.495 e. The van der Waals surface area contributed by atoms with Crippen molar-refractivity contribution in [3.63, 3.8) is 0 Å². The van der Waals surface area contributed by atoms with Gasteiger partial charge in [0.05, 0.1) is 31.6 Å². The maximum atomic E-state index is 9.36. The van der Waals surface area contributed by atoms with Crippen molar-refractivity contribution in [1.82, 2.24) is 5.32 Å². The molecule has 0 spiro atoms. The van der Waals surface area contributed by atoms with Gasteiger partial charge in [0, 0.05) is 6.54 Å². The van der Waals surface area contributed by atoms with E-state index in [0.29, 0.717) is 23.6 Å². The highest BCUT2D eigenvalue weighted by atomic mass is 16.5. The highest BCUT2D eigenvalue weighted by Crippen LogP contribution is 2.19. The van der Waals surface area contributed by atoms with Crippen LogP contribution in [0.4, 0.5) is 0 Å². The molecule has 5 nitrogen and oxygen atoms in total. The predicted molar refractivity (Wildman–Crippen MR) is 73.1 cm³/mol. The first kappa shape index (κ1) is 14.1. The number of hydrogen-bond acceptors (Lipinski definition) is 5. The van der Waals surface area contributed by atoms with Gasteiger partial charge in [-0.1, -0.05) is 6.07 Å². The molecule has 1 atom stereocenters. The Morgan fingerprint density at radius 3 is 2.90 bits per heavy atom. The first-order chi connectivity index (χ1) is 9.78. The van der Waals surface area contributed by atoms with E-state index in [1.54, 1.807) is 24.5 Å². The van der Waals surface area contributed by atoms with Crippen LogP contribution in [-0.2, 0) is 6.54 Å². The molecule has 2 rings (SSSR count). The van der Waals surface area contributed by atoms with Crippen LogP contribution in [0, 0.1) is 11.3 Å². The summed E-state index contributed by atoms with van der Waals surface area (Å²) in [6.45, 7) is 0.458. The topological polar surface area (TPSA) is 78.4 Å². The van der Waals surface area contributed by atoms with Gasteiger partial charge >= 0.3 is 0 Å². The quantitative estimate of drug-likeness (QED) is 0.840. The maximum absolute atomic E-state index is 9.36. The highest BCUT2D eigenvalue weighted by molar-refractivity contribution is 5.45. The summed E-state index contributed by atoms with van der Waals surface area (Å²) in [6, 6.07) is 10.8. The molecule has 2 N–H and O–H groups in total. The smallest absolute Gasteiger partial charge is 0.136 e. The van der Waals surface area contributed by atoms with Gasteiger partial charge in [-0.2, -0.15) is 5.26 Å². The van der Waals surface area contributed by atoms with Crippen LogP contribution in [0.3, 0.4) is 0 Å². The number of furan rings is 1. The van der Waals surface area contributed by atoms with Crippen LogP contribution >= 0.6 is 0 Å². The van der Waals surface area contributed by atoms with Gasteiger partial charge in [0.2, 0.25) is 0 Å². The monoisotopic (exact) mass is 272 g/mol. The lowest BCUT2D eigenvalue weighted by atomic mass is 10.1. The number of methoxy groups -OCH3 is 1. The van der Waals surface area contributed by atoms with Crippen molar-refractivity contribution in [3.8, 4) is 11.8 Å². The van der Waals surface area contributed by atoms with Gasteiger partial charge in [0.15, 0.2) is 0 Å². The van der Waals surface area contributed by atoms with Gasteiger partial charge in [-0.05, 0) is 29.8 Å². The second-order valence-corrected chi connectivity index (χ2v) is 4.28. The van der Waals surface area contributed by atoms with Gasteiger partial charge in [-0.15, -0.1) is 0 Å². The van der Waals surface area contributed by atoms with Crippen LogP contribution < -0.4 is 10.1 Å². The highest BCUT2D eigenvalue weighted by Gasteiger charge is 2.12. The fourth-order valence-electron chi connectivity index (χ4n) is 1.94. The summed E-state index contributed by atoms with van der Waals surface area (Å²) in [5.74, 6) is 1.24. The summed E-state index contributed by atoms with van der Waals surface area (Å²) in [7, 11) is 1.53. The molecule has 0 radical (unpaired) electrons. The molecule has 20 heavy (non-hydrogen) atoms. The first-order valence-electron chi connectivity index (χ1n) is 6.23. The molecule has 2 aromatic rings. The molecule has 5 heteroatoms. The Balaban J connectivity index is 2.05. The van der Waals surface area contributed by atoms with Gasteiger partial charge in [-0.25, -0.2) is 0 Å². The maximum Gasteiger partial charge on any atom is 0.136 e. The third kappa shape index (κ3) is 3.18. The number of nitrogens with zero attached hydrogens (tertiary/aromatic N) is 1. The van der Waals surface area contributed by atoms with Crippen molar-refractivity contribution in [2.75, 3.05) is 13.7 Å². The first-order valence-corrected chi connectivity index (χ1v) is 6.23. The fraction of sp³-hybridized carbons (Fsp3) is 0.267. The molecule has 0 aliphatic rings. The Kier molecular flexibility index (Phi) is 4.77. The number of benzene rings is 1. The fourth-order valence-corrected chi connectivity index (χ4v) is 1.94. The van der Waals surface area contributed by atoms with Gasteiger partial charge in [-0.3, -0.25) is 0 Å². The average Bonchev–Trinajstić information content (AvgIpc) is 3.02. The van der Waals surface area contributed by atoms with E-state index < -0.39 is 0 Å². The van der Waals surface area contributed by atoms with Gasteiger partial charge in [0.1, 0.15) is 17.6 Å². The number of hydrogen-bond donors (Lipinski definition) is 2. The Bertz CT molecular complexity index is 588. The minimum absolute atomic E-state index is 0.0607. The van der Waals surface area contributed by atoms with E-state index in [9.17, 15) is 5.11 Å². The summed E-state index contributed by atoms with van der Waals surface area (Å²) in [5.41, 5.74) is 1.43. The summed E-state index contributed by atoms with van der Waals surface area (Å²) in [6.07, 6.45) is 1.57. The Morgan fingerprint density at radius 1 is 1.45 bits per heavy atom. The van der Waals surface area contributed by atoms with Crippen molar-refractivity contribution in [1.29, 1.82) is 5.26 Å². The molecule has 0 aliphatic heterocycles. The second kappa shape index (κ2) is 6.75. The van der Waals surface area contributed by atoms with E-state index >= 15 is 0 Å². The standard InChI is InChI=1S/C15H16N2O3/c1-19-14-5-4-11(7-12(14)8-16)9-17-13(10-18)15-3-2-6-20-15/h2-7,13,17-18H,9-10H2,1H3. The normalized spacial score (nSPS) is 11.8. The Hall–Kier alpha value is -2.29. The van der Waals surface area contributed by atoms with Crippen LogP contribution in [0.25, 0.3) is 0 Å². The zero-order valence-electron chi connectivity index (χ0n) is 11.2.